The van der Waals surface area contributed by atoms with Crippen molar-refractivity contribution in [2.75, 3.05) is 23.7 Å². The summed E-state index contributed by atoms with van der Waals surface area (Å²) in [7, 11) is 0. The first-order valence-electron chi connectivity index (χ1n) is 6.32. The molecule has 1 aliphatic heterocycles. The van der Waals surface area contributed by atoms with E-state index in [2.05, 4.69) is 9.88 Å². The van der Waals surface area contributed by atoms with Crippen LogP contribution in [0.3, 0.4) is 0 Å². The normalized spacial score (nSPS) is 20.3. The van der Waals surface area contributed by atoms with Crippen LogP contribution < -0.4 is 10.6 Å². The van der Waals surface area contributed by atoms with Crippen molar-refractivity contribution >= 4 is 22.3 Å². The van der Waals surface area contributed by atoms with Gasteiger partial charge in [-0.05, 0) is 18.9 Å². The summed E-state index contributed by atoms with van der Waals surface area (Å²) in [6, 6.07) is 7.99. The Morgan fingerprint density at radius 1 is 1.33 bits per heavy atom. The number of hydrogen-bond acceptors (Lipinski definition) is 4. The molecule has 0 bridgehead atoms. The van der Waals surface area contributed by atoms with E-state index >= 15 is 0 Å². The third kappa shape index (κ3) is 1.88. The zero-order chi connectivity index (χ0) is 12.5. The Bertz CT molecular complexity index is 570. The highest BCUT2D eigenvalue weighted by Gasteiger charge is 2.21. The number of β-amino-alcohol motifs (C(OH)–C–C–N with tert-alkyl or cyclic N) is 1. The Morgan fingerprint density at radius 3 is 3.00 bits per heavy atom. The summed E-state index contributed by atoms with van der Waals surface area (Å²) in [5.41, 5.74) is 8.72. The minimum atomic E-state index is -0.259. The number of piperidine rings is 1. The summed E-state index contributed by atoms with van der Waals surface area (Å²) in [4.78, 5) is 6.52. The number of rotatable bonds is 1. The van der Waals surface area contributed by atoms with E-state index in [1.54, 1.807) is 6.20 Å². The molecular formula is C14H17N3O. The highest BCUT2D eigenvalue weighted by Crippen LogP contribution is 2.33. The Labute approximate surface area is 106 Å². The van der Waals surface area contributed by atoms with E-state index in [-0.39, 0.29) is 6.10 Å². The van der Waals surface area contributed by atoms with Crippen LogP contribution in [0.2, 0.25) is 0 Å². The van der Waals surface area contributed by atoms with Crippen molar-refractivity contribution in [3.63, 3.8) is 0 Å². The number of nitrogens with zero attached hydrogens (tertiary/aromatic N) is 2. The van der Waals surface area contributed by atoms with Crippen molar-refractivity contribution in [3.05, 3.63) is 30.5 Å². The monoisotopic (exact) mass is 243 g/mol. The molecule has 3 N–H and O–H groups in total. The van der Waals surface area contributed by atoms with Gasteiger partial charge in [0.25, 0.3) is 0 Å². The number of aromatic nitrogens is 1. The van der Waals surface area contributed by atoms with Gasteiger partial charge in [0.2, 0.25) is 0 Å². The molecule has 2 aromatic rings. The van der Waals surface area contributed by atoms with Gasteiger partial charge in [0, 0.05) is 18.5 Å². The fraction of sp³-hybridized carbons (Fsp3) is 0.357. The SMILES string of the molecule is Nc1cnc2ccccc2c1N1CCCC(O)C1. The molecule has 0 spiro atoms. The maximum atomic E-state index is 9.81. The van der Waals surface area contributed by atoms with E-state index < -0.39 is 0 Å². The summed E-state index contributed by atoms with van der Waals surface area (Å²) < 4.78 is 0. The number of fused-ring (bicyclic) bond motifs is 1. The fourth-order valence-corrected chi connectivity index (χ4v) is 2.65. The molecule has 1 aromatic carbocycles. The van der Waals surface area contributed by atoms with Crippen LogP contribution in [0.1, 0.15) is 12.8 Å². The van der Waals surface area contributed by atoms with Crippen molar-refractivity contribution in [3.8, 4) is 0 Å². The molecule has 1 aromatic heterocycles. The van der Waals surface area contributed by atoms with Crippen LogP contribution in [0.15, 0.2) is 30.5 Å². The molecule has 0 saturated carbocycles. The van der Waals surface area contributed by atoms with Crippen LogP contribution in [-0.4, -0.2) is 29.3 Å². The maximum Gasteiger partial charge on any atom is 0.0745 e. The fourth-order valence-electron chi connectivity index (χ4n) is 2.65. The Kier molecular flexibility index (Phi) is 2.80. The van der Waals surface area contributed by atoms with Gasteiger partial charge in [-0.1, -0.05) is 18.2 Å². The van der Waals surface area contributed by atoms with Crippen molar-refractivity contribution in [2.24, 2.45) is 0 Å². The lowest BCUT2D eigenvalue weighted by Crippen LogP contribution is -2.38. The Hall–Kier alpha value is -1.81. The second-order valence-corrected chi connectivity index (χ2v) is 4.82. The number of anilines is 2. The molecule has 2 heterocycles. The van der Waals surface area contributed by atoms with Crippen LogP contribution in [0.4, 0.5) is 11.4 Å². The second kappa shape index (κ2) is 4.46. The summed E-state index contributed by atoms with van der Waals surface area (Å²) in [6.07, 6.45) is 3.32. The molecule has 1 fully saturated rings. The number of aliphatic hydroxyl groups excluding tert-OH is 1. The molecule has 1 saturated heterocycles. The van der Waals surface area contributed by atoms with Gasteiger partial charge < -0.3 is 15.7 Å². The van der Waals surface area contributed by atoms with Crippen LogP contribution in [-0.2, 0) is 0 Å². The quantitative estimate of drug-likeness (QED) is 0.801. The number of nitrogen functional groups attached to an aromatic ring is 1. The van der Waals surface area contributed by atoms with E-state index in [9.17, 15) is 5.11 Å². The van der Waals surface area contributed by atoms with Gasteiger partial charge in [-0.15, -0.1) is 0 Å². The van der Waals surface area contributed by atoms with E-state index in [1.807, 2.05) is 24.3 Å². The summed E-state index contributed by atoms with van der Waals surface area (Å²) >= 11 is 0. The topological polar surface area (TPSA) is 62.4 Å². The van der Waals surface area contributed by atoms with Gasteiger partial charge in [0.1, 0.15) is 0 Å². The third-order valence-electron chi connectivity index (χ3n) is 3.49. The zero-order valence-electron chi connectivity index (χ0n) is 10.2. The van der Waals surface area contributed by atoms with Gasteiger partial charge in [0.05, 0.1) is 29.2 Å². The molecule has 1 atom stereocenters. The molecule has 0 amide bonds. The van der Waals surface area contributed by atoms with Gasteiger partial charge >= 0.3 is 0 Å². The lowest BCUT2D eigenvalue weighted by Gasteiger charge is -2.33. The second-order valence-electron chi connectivity index (χ2n) is 4.82. The minimum Gasteiger partial charge on any atom is -0.396 e. The van der Waals surface area contributed by atoms with Crippen molar-refractivity contribution in [2.45, 2.75) is 18.9 Å². The number of pyridine rings is 1. The first kappa shape index (κ1) is 11.3. The van der Waals surface area contributed by atoms with Gasteiger partial charge in [-0.2, -0.15) is 0 Å². The van der Waals surface area contributed by atoms with Crippen LogP contribution in [0.5, 0.6) is 0 Å². The maximum absolute atomic E-state index is 9.81. The molecule has 18 heavy (non-hydrogen) atoms. The number of aliphatic hydroxyl groups is 1. The van der Waals surface area contributed by atoms with E-state index in [1.165, 1.54) is 0 Å². The predicted octanol–water partition coefficient (Wildman–Crippen LogP) is 1.78. The highest BCUT2D eigenvalue weighted by molar-refractivity contribution is 5.97. The molecule has 3 rings (SSSR count). The molecule has 1 unspecified atom stereocenters. The summed E-state index contributed by atoms with van der Waals surface area (Å²) in [5.74, 6) is 0. The molecular weight excluding hydrogens is 226 g/mol. The molecule has 94 valence electrons. The van der Waals surface area contributed by atoms with Crippen molar-refractivity contribution in [1.29, 1.82) is 0 Å². The third-order valence-corrected chi connectivity index (χ3v) is 3.49. The molecule has 4 nitrogen and oxygen atoms in total. The van der Waals surface area contributed by atoms with E-state index in [0.29, 0.717) is 12.2 Å². The van der Waals surface area contributed by atoms with Crippen LogP contribution in [0.25, 0.3) is 10.9 Å². The average Bonchev–Trinajstić information content (AvgIpc) is 2.38. The smallest absolute Gasteiger partial charge is 0.0745 e. The van der Waals surface area contributed by atoms with Crippen molar-refractivity contribution < 1.29 is 5.11 Å². The minimum absolute atomic E-state index is 0.259. The zero-order valence-corrected chi connectivity index (χ0v) is 10.2. The Balaban J connectivity index is 2.12. The van der Waals surface area contributed by atoms with Gasteiger partial charge in [-0.3, -0.25) is 4.98 Å². The number of benzene rings is 1. The molecule has 4 heteroatoms. The van der Waals surface area contributed by atoms with Crippen molar-refractivity contribution in [1.82, 2.24) is 4.98 Å². The first-order chi connectivity index (χ1) is 8.75. The van der Waals surface area contributed by atoms with E-state index in [4.69, 9.17) is 5.73 Å². The molecule has 1 aliphatic rings. The Morgan fingerprint density at radius 2 is 2.17 bits per heavy atom. The summed E-state index contributed by atoms with van der Waals surface area (Å²) in [6.45, 7) is 1.59. The standard InChI is InChI=1S/C14H17N3O/c15-12-8-16-13-6-2-1-5-11(13)14(12)17-7-3-4-10(18)9-17/h1-2,5-6,8,10,18H,3-4,7,9,15H2. The van der Waals surface area contributed by atoms with Crippen LogP contribution >= 0.6 is 0 Å². The molecule has 0 aliphatic carbocycles. The predicted molar refractivity (Wildman–Crippen MR) is 73.6 cm³/mol. The van der Waals surface area contributed by atoms with Crippen LogP contribution in [0, 0.1) is 0 Å². The number of para-hydroxylation sites is 1. The van der Waals surface area contributed by atoms with E-state index in [0.717, 1.165) is 36.0 Å². The van der Waals surface area contributed by atoms with Gasteiger partial charge in [-0.25, -0.2) is 0 Å². The van der Waals surface area contributed by atoms with Gasteiger partial charge in [0.15, 0.2) is 0 Å². The average molecular weight is 243 g/mol. The lowest BCUT2D eigenvalue weighted by molar-refractivity contribution is 0.154. The highest BCUT2D eigenvalue weighted by atomic mass is 16.3. The number of hydrogen-bond donors (Lipinski definition) is 2. The lowest BCUT2D eigenvalue weighted by atomic mass is 10.1. The largest absolute Gasteiger partial charge is 0.396 e. The summed E-state index contributed by atoms with van der Waals surface area (Å²) in [5, 5.41) is 10.9. The number of nitrogens with two attached hydrogens (primary N) is 1. The molecule has 0 radical (unpaired) electrons. The first-order valence-corrected chi connectivity index (χ1v) is 6.32.